The van der Waals surface area contributed by atoms with Gasteiger partial charge in [-0.2, -0.15) is 0 Å². The Bertz CT molecular complexity index is 562. The molecule has 0 aliphatic carbocycles. The van der Waals surface area contributed by atoms with E-state index in [9.17, 15) is 4.79 Å². The van der Waals surface area contributed by atoms with Crippen LogP contribution in [0.3, 0.4) is 0 Å². The van der Waals surface area contributed by atoms with Crippen molar-refractivity contribution < 1.29 is 14.3 Å². The topological polar surface area (TPSA) is 81.2 Å². The molecule has 0 saturated heterocycles. The Balaban J connectivity index is 2.46. The summed E-state index contributed by atoms with van der Waals surface area (Å²) in [5.74, 6) is -0.666. The fourth-order valence-electron chi connectivity index (χ4n) is 1.61. The zero-order valence-electron chi connectivity index (χ0n) is 9.76. The maximum absolute atomic E-state index is 11.1. The van der Waals surface area contributed by atoms with Crippen molar-refractivity contribution in [2.24, 2.45) is 0 Å². The number of nitrogens with zero attached hydrogens (tertiary/aromatic N) is 3. The van der Waals surface area contributed by atoms with Crippen LogP contribution in [0.15, 0.2) is 21.2 Å². The second-order valence-corrected chi connectivity index (χ2v) is 4.55. The van der Waals surface area contributed by atoms with Crippen LogP contribution in [0.2, 0.25) is 0 Å². The van der Waals surface area contributed by atoms with Crippen LogP contribution in [0.4, 0.5) is 0 Å². The second-order valence-electron chi connectivity index (χ2n) is 3.77. The Morgan fingerprint density at radius 2 is 2.33 bits per heavy atom. The smallest absolute Gasteiger partial charge is 0.358 e. The minimum atomic E-state index is -1.11. The summed E-state index contributed by atoms with van der Waals surface area (Å²) in [7, 11) is 0. The van der Waals surface area contributed by atoms with Crippen LogP contribution in [-0.2, 0) is 6.54 Å². The SMILES string of the molecule is CCCCn1nnc(C(=O)O)c1-c1ccc(Br)o1. The molecule has 96 valence electrons. The lowest BCUT2D eigenvalue weighted by molar-refractivity contribution is 0.0691. The summed E-state index contributed by atoms with van der Waals surface area (Å²) in [4.78, 5) is 11.1. The molecule has 2 heterocycles. The number of carboxylic acid groups (broad SMARTS) is 1. The molecule has 0 fully saturated rings. The van der Waals surface area contributed by atoms with Crippen molar-refractivity contribution in [3.63, 3.8) is 0 Å². The maximum Gasteiger partial charge on any atom is 0.358 e. The van der Waals surface area contributed by atoms with E-state index in [4.69, 9.17) is 9.52 Å². The number of rotatable bonds is 5. The van der Waals surface area contributed by atoms with Gasteiger partial charge in [0.2, 0.25) is 5.69 Å². The number of unbranched alkanes of at least 4 members (excludes halogenated alkanes) is 1. The van der Waals surface area contributed by atoms with Crippen LogP contribution in [0.1, 0.15) is 30.3 Å². The van der Waals surface area contributed by atoms with Gasteiger partial charge in [-0.05, 0) is 34.5 Å². The number of aryl methyl sites for hydroxylation is 1. The first-order valence-corrected chi connectivity index (χ1v) is 6.35. The van der Waals surface area contributed by atoms with Crippen LogP contribution in [-0.4, -0.2) is 26.1 Å². The quantitative estimate of drug-likeness (QED) is 0.918. The van der Waals surface area contributed by atoms with Gasteiger partial charge in [0.1, 0.15) is 5.69 Å². The number of furan rings is 1. The van der Waals surface area contributed by atoms with Gasteiger partial charge < -0.3 is 9.52 Å². The third-order valence-electron chi connectivity index (χ3n) is 2.47. The molecule has 7 heteroatoms. The molecule has 0 radical (unpaired) electrons. The summed E-state index contributed by atoms with van der Waals surface area (Å²) in [6.45, 7) is 2.67. The molecule has 2 rings (SSSR count). The number of aromatic carboxylic acids is 1. The number of hydrogen-bond donors (Lipinski definition) is 1. The summed E-state index contributed by atoms with van der Waals surface area (Å²) in [5.41, 5.74) is 0.314. The highest BCUT2D eigenvalue weighted by Crippen LogP contribution is 2.27. The van der Waals surface area contributed by atoms with Gasteiger partial charge in [-0.1, -0.05) is 18.6 Å². The minimum Gasteiger partial charge on any atom is -0.476 e. The van der Waals surface area contributed by atoms with Crippen LogP contribution in [0.5, 0.6) is 0 Å². The first-order valence-electron chi connectivity index (χ1n) is 5.56. The maximum atomic E-state index is 11.1. The third-order valence-corrected chi connectivity index (χ3v) is 2.89. The molecule has 2 aromatic rings. The first kappa shape index (κ1) is 12.8. The fourth-order valence-corrected chi connectivity index (χ4v) is 1.91. The average molecular weight is 314 g/mol. The predicted molar refractivity (Wildman–Crippen MR) is 67.3 cm³/mol. The molecule has 0 saturated carbocycles. The minimum absolute atomic E-state index is 0.0899. The van der Waals surface area contributed by atoms with Crippen molar-refractivity contribution in [1.29, 1.82) is 0 Å². The lowest BCUT2D eigenvalue weighted by Crippen LogP contribution is -2.04. The molecule has 6 nitrogen and oxygen atoms in total. The van der Waals surface area contributed by atoms with E-state index in [-0.39, 0.29) is 5.69 Å². The van der Waals surface area contributed by atoms with Gasteiger partial charge in [0.15, 0.2) is 10.4 Å². The van der Waals surface area contributed by atoms with Crippen molar-refractivity contribution in [2.45, 2.75) is 26.3 Å². The summed E-state index contributed by atoms with van der Waals surface area (Å²) < 4.78 is 7.50. The lowest BCUT2D eigenvalue weighted by atomic mass is 10.2. The lowest BCUT2D eigenvalue weighted by Gasteiger charge is -2.03. The van der Waals surface area contributed by atoms with E-state index in [0.717, 1.165) is 12.8 Å². The molecule has 18 heavy (non-hydrogen) atoms. The van der Waals surface area contributed by atoms with E-state index in [1.165, 1.54) is 0 Å². The Kier molecular flexibility index (Phi) is 3.81. The van der Waals surface area contributed by atoms with Gasteiger partial charge in [0.25, 0.3) is 0 Å². The van der Waals surface area contributed by atoms with Gasteiger partial charge >= 0.3 is 5.97 Å². The van der Waals surface area contributed by atoms with Crippen molar-refractivity contribution >= 4 is 21.9 Å². The highest BCUT2D eigenvalue weighted by molar-refractivity contribution is 9.10. The van der Waals surface area contributed by atoms with E-state index in [1.54, 1.807) is 16.8 Å². The van der Waals surface area contributed by atoms with E-state index in [1.807, 2.05) is 0 Å². The Morgan fingerprint density at radius 3 is 2.89 bits per heavy atom. The van der Waals surface area contributed by atoms with Crippen molar-refractivity contribution in [2.75, 3.05) is 0 Å². The summed E-state index contributed by atoms with van der Waals surface area (Å²) in [6.07, 6.45) is 1.89. The Morgan fingerprint density at radius 1 is 1.56 bits per heavy atom. The molecule has 0 bridgehead atoms. The van der Waals surface area contributed by atoms with Gasteiger partial charge in [0.05, 0.1) is 0 Å². The molecule has 0 aliphatic heterocycles. The zero-order valence-corrected chi connectivity index (χ0v) is 11.3. The Hall–Kier alpha value is -1.63. The van der Waals surface area contributed by atoms with Crippen LogP contribution >= 0.6 is 15.9 Å². The molecule has 0 spiro atoms. The van der Waals surface area contributed by atoms with Crippen molar-refractivity contribution in [3.05, 3.63) is 22.5 Å². The number of carbonyl (C=O) groups is 1. The molecule has 0 aliphatic rings. The highest BCUT2D eigenvalue weighted by atomic mass is 79.9. The summed E-state index contributed by atoms with van der Waals surface area (Å²) in [6, 6.07) is 3.40. The van der Waals surface area contributed by atoms with E-state index < -0.39 is 5.97 Å². The second kappa shape index (κ2) is 5.34. The molecule has 0 amide bonds. The standard InChI is InChI=1S/C11H12BrN3O3/c1-2-3-6-15-10(7-4-5-8(12)18-7)9(11(16)17)13-14-15/h4-5H,2-3,6H2,1H3,(H,16,17). The largest absolute Gasteiger partial charge is 0.476 e. The molecule has 0 unspecified atom stereocenters. The Labute approximate surface area is 112 Å². The molecule has 1 N–H and O–H groups in total. The molecule has 0 atom stereocenters. The number of carboxylic acids is 1. The van der Waals surface area contributed by atoms with Gasteiger partial charge in [0, 0.05) is 6.54 Å². The summed E-state index contributed by atoms with van der Waals surface area (Å²) in [5, 5.41) is 16.7. The highest BCUT2D eigenvalue weighted by Gasteiger charge is 2.22. The molecule has 2 aromatic heterocycles. The van der Waals surface area contributed by atoms with Crippen molar-refractivity contribution in [3.8, 4) is 11.5 Å². The molecular weight excluding hydrogens is 302 g/mol. The number of halogens is 1. The molecule has 0 aromatic carbocycles. The fraction of sp³-hybridized carbons (Fsp3) is 0.364. The van der Waals surface area contributed by atoms with Crippen LogP contribution in [0, 0.1) is 0 Å². The van der Waals surface area contributed by atoms with Gasteiger partial charge in [-0.25, -0.2) is 9.48 Å². The molecular formula is C11H12BrN3O3. The third kappa shape index (κ3) is 2.45. The van der Waals surface area contributed by atoms with Gasteiger partial charge in [-0.15, -0.1) is 5.10 Å². The zero-order chi connectivity index (χ0) is 13.1. The van der Waals surface area contributed by atoms with E-state index >= 15 is 0 Å². The van der Waals surface area contributed by atoms with Crippen LogP contribution in [0.25, 0.3) is 11.5 Å². The van der Waals surface area contributed by atoms with Gasteiger partial charge in [-0.3, -0.25) is 0 Å². The normalized spacial score (nSPS) is 10.8. The van der Waals surface area contributed by atoms with E-state index in [2.05, 4.69) is 33.2 Å². The predicted octanol–water partition coefficient (Wildman–Crippen LogP) is 2.80. The first-order chi connectivity index (χ1) is 8.63. The average Bonchev–Trinajstić information content (AvgIpc) is 2.91. The van der Waals surface area contributed by atoms with E-state index in [0.29, 0.717) is 22.7 Å². The summed E-state index contributed by atoms with van der Waals surface area (Å²) >= 11 is 3.19. The van der Waals surface area contributed by atoms with Crippen LogP contribution < -0.4 is 0 Å². The number of hydrogen-bond acceptors (Lipinski definition) is 4. The number of aromatic nitrogens is 3. The van der Waals surface area contributed by atoms with Crippen molar-refractivity contribution in [1.82, 2.24) is 15.0 Å². The monoisotopic (exact) mass is 313 g/mol.